The molecule has 2 heterocycles. The maximum Gasteiger partial charge on any atom is 0.306 e. The van der Waals surface area contributed by atoms with Crippen LogP contribution in [0, 0.1) is 5.82 Å². The Labute approximate surface area is 245 Å². The summed E-state index contributed by atoms with van der Waals surface area (Å²) in [5, 5.41) is 8.55. The summed E-state index contributed by atoms with van der Waals surface area (Å²) in [4.78, 5) is 29.8. The zero-order valence-electron chi connectivity index (χ0n) is 23.3. The predicted molar refractivity (Wildman–Crippen MR) is 161 cm³/mol. The Morgan fingerprint density at radius 1 is 0.977 bits per heavy atom. The highest BCUT2D eigenvalue weighted by Gasteiger charge is 2.33. The van der Waals surface area contributed by atoms with Gasteiger partial charge in [0.15, 0.2) is 0 Å². The summed E-state index contributed by atoms with van der Waals surface area (Å²) < 4.78 is 49.2. The maximum absolute atomic E-state index is 14.6. The van der Waals surface area contributed by atoms with Crippen LogP contribution in [0.4, 0.5) is 18.9 Å². The molecule has 5 rings (SSSR count). The quantitative estimate of drug-likeness (QED) is 0.176. The zero-order chi connectivity index (χ0) is 30.7. The molecule has 0 saturated heterocycles. The summed E-state index contributed by atoms with van der Waals surface area (Å²) in [5.74, 6) is -4.66. The Hall–Kier alpha value is -5.38. The van der Waals surface area contributed by atoms with Crippen molar-refractivity contribution in [2.24, 2.45) is 0 Å². The van der Waals surface area contributed by atoms with Crippen molar-refractivity contribution < 1.29 is 27.2 Å². The van der Waals surface area contributed by atoms with Crippen LogP contribution >= 0.6 is 0 Å². The third kappa shape index (κ3) is 5.59. The maximum atomic E-state index is 14.6. The third-order valence-electron chi connectivity index (χ3n) is 6.98. The molecule has 0 radical (unpaired) electrons. The number of halogens is 3. The van der Waals surface area contributed by atoms with Crippen LogP contribution in [0.3, 0.4) is 0 Å². The minimum absolute atomic E-state index is 0.155. The number of furan rings is 1. The van der Waals surface area contributed by atoms with Crippen LogP contribution in [-0.2, 0) is 5.92 Å². The molecule has 0 aliphatic heterocycles. The molecule has 43 heavy (non-hydrogen) atoms. The van der Waals surface area contributed by atoms with Crippen molar-refractivity contribution >= 4 is 34.5 Å². The first kappa shape index (κ1) is 29.1. The Morgan fingerprint density at radius 2 is 1.74 bits per heavy atom. The number of carbonyl (C=O) groups is 2. The van der Waals surface area contributed by atoms with Crippen molar-refractivity contribution in [2.45, 2.75) is 5.92 Å². The van der Waals surface area contributed by atoms with Gasteiger partial charge in [0.05, 0.1) is 17.8 Å². The predicted octanol–water partition coefficient (Wildman–Crippen LogP) is 6.87. The highest BCUT2D eigenvalue weighted by Crippen LogP contribution is 2.43. The van der Waals surface area contributed by atoms with E-state index in [1.54, 1.807) is 37.4 Å². The van der Waals surface area contributed by atoms with Crippen LogP contribution in [0.15, 0.2) is 90.0 Å². The third-order valence-corrected chi connectivity index (χ3v) is 6.98. The average molecular weight is 585 g/mol. The number of carbonyl (C=O) groups excluding carboxylic acids is 2. The molecule has 0 unspecified atom stereocenters. The van der Waals surface area contributed by atoms with Crippen LogP contribution in [0.2, 0.25) is 0 Å². The van der Waals surface area contributed by atoms with E-state index < -0.39 is 35.8 Å². The summed E-state index contributed by atoms with van der Waals surface area (Å²) in [6.07, 6.45) is 2.85. The fourth-order valence-corrected chi connectivity index (χ4v) is 4.89. The van der Waals surface area contributed by atoms with Crippen molar-refractivity contribution in [3.05, 3.63) is 114 Å². The van der Waals surface area contributed by atoms with Crippen molar-refractivity contribution in [3.8, 4) is 22.5 Å². The first-order chi connectivity index (χ1) is 20.7. The minimum Gasteiger partial charge on any atom is -0.454 e. The molecular formula is C33H27F3N4O3. The van der Waals surface area contributed by atoms with E-state index in [4.69, 9.17) is 4.42 Å². The van der Waals surface area contributed by atoms with Gasteiger partial charge in [-0.2, -0.15) is 8.78 Å². The largest absolute Gasteiger partial charge is 0.454 e. The molecule has 0 spiro atoms. The molecule has 3 aromatic carbocycles. The molecule has 0 fully saturated rings. The Kier molecular flexibility index (Phi) is 8.03. The van der Waals surface area contributed by atoms with E-state index >= 15 is 0 Å². The summed E-state index contributed by atoms with van der Waals surface area (Å²) >= 11 is 0. The van der Waals surface area contributed by atoms with Gasteiger partial charge in [0, 0.05) is 47.9 Å². The van der Waals surface area contributed by atoms with Gasteiger partial charge in [0.2, 0.25) is 0 Å². The molecule has 7 nitrogen and oxygen atoms in total. The smallest absolute Gasteiger partial charge is 0.306 e. The Balaban J connectivity index is 1.59. The summed E-state index contributed by atoms with van der Waals surface area (Å²) in [5.41, 5.74) is 3.17. The van der Waals surface area contributed by atoms with Crippen molar-refractivity contribution in [3.63, 3.8) is 0 Å². The van der Waals surface area contributed by atoms with Crippen LogP contribution in [0.1, 0.15) is 32.0 Å². The molecule has 0 atom stereocenters. The molecule has 2 amide bonds. The van der Waals surface area contributed by atoms with Crippen LogP contribution in [0.25, 0.3) is 39.5 Å². The molecular weight excluding hydrogens is 557 g/mol. The SMILES string of the molecule is C=Cc1c(NC)c(-c2cccc(C(=O)NCC(F)(F)c3ccccn3)c2)cc2c(C(=O)NC)c(-c3ccc(F)cc3)oc12. The first-order valence-electron chi connectivity index (χ1n) is 13.3. The standard InChI is InChI=1S/C33H27F3N4O3/c1-4-23-28(37-2)24(17-25-27(32(42)38-3)29(43-30(23)25)19-11-13-22(34)14-12-19)20-8-7-9-21(16-20)31(41)40-18-33(35,36)26-10-5-6-15-39-26/h4-17,37H,1,18H2,2-3H3,(H,38,42)(H,40,41). The second-order valence-corrected chi connectivity index (χ2v) is 9.62. The highest BCUT2D eigenvalue weighted by molar-refractivity contribution is 6.15. The number of amides is 2. The molecule has 218 valence electrons. The molecule has 0 bridgehead atoms. The van der Waals surface area contributed by atoms with E-state index in [2.05, 4.69) is 27.5 Å². The molecule has 0 aliphatic rings. The topological polar surface area (TPSA) is 96.3 Å². The molecule has 2 aromatic heterocycles. The number of fused-ring (bicyclic) bond motifs is 1. The number of nitrogens with one attached hydrogen (secondary N) is 3. The van der Waals surface area contributed by atoms with E-state index in [-0.39, 0.29) is 16.9 Å². The lowest BCUT2D eigenvalue weighted by Gasteiger charge is -2.17. The normalized spacial score (nSPS) is 11.3. The van der Waals surface area contributed by atoms with Crippen LogP contribution in [0.5, 0.6) is 0 Å². The lowest BCUT2D eigenvalue weighted by Crippen LogP contribution is -2.35. The summed E-state index contributed by atoms with van der Waals surface area (Å²) in [7, 11) is 3.20. The second kappa shape index (κ2) is 11.8. The van der Waals surface area contributed by atoms with Gasteiger partial charge in [0.1, 0.15) is 22.9 Å². The zero-order valence-corrected chi connectivity index (χ0v) is 23.3. The van der Waals surface area contributed by atoms with Gasteiger partial charge in [-0.3, -0.25) is 14.6 Å². The minimum atomic E-state index is -3.36. The van der Waals surface area contributed by atoms with Gasteiger partial charge in [-0.15, -0.1) is 0 Å². The monoisotopic (exact) mass is 584 g/mol. The van der Waals surface area contributed by atoms with E-state index in [9.17, 15) is 22.8 Å². The Morgan fingerprint density at radius 3 is 2.40 bits per heavy atom. The lowest BCUT2D eigenvalue weighted by molar-refractivity contribution is -0.00676. The second-order valence-electron chi connectivity index (χ2n) is 9.62. The number of hydrogen-bond acceptors (Lipinski definition) is 5. The molecule has 3 N–H and O–H groups in total. The molecule has 10 heteroatoms. The molecule has 0 saturated carbocycles. The average Bonchev–Trinajstić information content (AvgIpc) is 3.42. The van der Waals surface area contributed by atoms with E-state index in [1.807, 2.05) is 0 Å². The number of aromatic nitrogens is 1. The number of anilines is 1. The number of benzene rings is 3. The fraction of sp³-hybridized carbons (Fsp3) is 0.121. The first-order valence-corrected chi connectivity index (χ1v) is 13.3. The van der Waals surface area contributed by atoms with Gasteiger partial charge < -0.3 is 20.4 Å². The van der Waals surface area contributed by atoms with Gasteiger partial charge >= 0.3 is 5.92 Å². The number of hydrogen-bond donors (Lipinski definition) is 3. The number of nitrogens with zero attached hydrogens (tertiary/aromatic N) is 1. The molecule has 0 aliphatic carbocycles. The number of alkyl halides is 2. The lowest BCUT2D eigenvalue weighted by atomic mass is 9.94. The van der Waals surface area contributed by atoms with Crippen molar-refractivity contribution in [1.29, 1.82) is 0 Å². The van der Waals surface area contributed by atoms with E-state index in [1.165, 1.54) is 61.8 Å². The number of pyridine rings is 1. The van der Waals surface area contributed by atoms with Gasteiger partial charge in [-0.25, -0.2) is 4.39 Å². The van der Waals surface area contributed by atoms with Crippen LogP contribution < -0.4 is 16.0 Å². The van der Waals surface area contributed by atoms with E-state index in [0.717, 1.165) is 0 Å². The summed E-state index contributed by atoms with van der Waals surface area (Å²) in [6.45, 7) is 3.01. The van der Waals surface area contributed by atoms with Gasteiger partial charge in [0.25, 0.3) is 11.8 Å². The molecule has 5 aromatic rings. The summed E-state index contributed by atoms with van der Waals surface area (Å²) in [6, 6.07) is 18.0. The van der Waals surface area contributed by atoms with Crippen molar-refractivity contribution in [2.75, 3.05) is 26.0 Å². The van der Waals surface area contributed by atoms with Crippen LogP contribution in [-0.4, -0.2) is 37.4 Å². The highest BCUT2D eigenvalue weighted by atomic mass is 19.3. The van der Waals surface area contributed by atoms with Gasteiger partial charge in [-0.05, 0) is 60.2 Å². The van der Waals surface area contributed by atoms with Gasteiger partial charge in [-0.1, -0.05) is 30.9 Å². The fourth-order valence-electron chi connectivity index (χ4n) is 4.89. The Bertz CT molecular complexity index is 1830. The van der Waals surface area contributed by atoms with E-state index in [0.29, 0.717) is 38.9 Å². The van der Waals surface area contributed by atoms with Crippen molar-refractivity contribution in [1.82, 2.24) is 15.6 Å². The number of rotatable bonds is 9.